The van der Waals surface area contributed by atoms with Crippen LogP contribution in [-0.4, -0.2) is 18.7 Å². The van der Waals surface area contributed by atoms with Gasteiger partial charge in [0.1, 0.15) is 17.4 Å². The van der Waals surface area contributed by atoms with E-state index >= 15 is 0 Å². The van der Waals surface area contributed by atoms with Crippen LogP contribution in [0.25, 0.3) is 10.9 Å². The van der Waals surface area contributed by atoms with Crippen molar-refractivity contribution in [1.82, 2.24) is 4.98 Å². The van der Waals surface area contributed by atoms with Crippen LogP contribution in [0.2, 0.25) is 5.02 Å². The van der Waals surface area contributed by atoms with Gasteiger partial charge in [-0.2, -0.15) is 5.26 Å². The molecule has 0 saturated heterocycles. The molecule has 1 aromatic heterocycles. The number of methoxy groups -OCH3 is 1. The lowest BCUT2D eigenvalue weighted by Crippen LogP contribution is -1.98. The first-order chi connectivity index (χ1) is 8.69. The molecule has 1 heterocycles. The molecule has 0 N–H and O–H groups in total. The van der Waals surface area contributed by atoms with E-state index in [0.717, 1.165) is 5.39 Å². The van der Waals surface area contributed by atoms with Crippen molar-refractivity contribution >= 4 is 22.5 Å². The van der Waals surface area contributed by atoms with E-state index in [1.54, 1.807) is 25.3 Å². The van der Waals surface area contributed by atoms with Gasteiger partial charge in [-0.1, -0.05) is 11.6 Å². The molecular weight excluding hydrogens is 252 g/mol. The van der Waals surface area contributed by atoms with E-state index in [1.807, 2.05) is 6.92 Å². The lowest BCUT2D eigenvalue weighted by molar-refractivity contribution is 0.327. The zero-order valence-electron chi connectivity index (χ0n) is 10.0. The maximum atomic E-state index is 9.06. The summed E-state index contributed by atoms with van der Waals surface area (Å²) >= 11 is 6.04. The van der Waals surface area contributed by atoms with Gasteiger partial charge in [0.05, 0.1) is 24.3 Å². The number of fused-ring (bicyclic) bond motifs is 1. The van der Waals surface area contributed by atoms with Crippen LogP contribution in [0.5, 0.6) is 11.6 Å². The Kier molecular flexibility index (Phi) is 3.54. The molecule has 0 aliphatic carbocycles. The van der Waals surface area contributed by atoms with Gasteiger partial charge in [-0.3, -0.25) is 0 Å². The van der Waals surface area contributed by atoms with Crippen LogP contribution in [0.1, 0.15) is 12.5 Å². The topological polar surface area (TPSA) is 55.1 Å². The van der Waals surface area contributed by atoms with Gasteiger partial charge in [0.25, 0.3) is 0 Å². The van der Waals surface area contributed by atoms with Crippen LogP contribution in [0.15, 0.2) is 18.2 Å². The normalized spacial score (nSPS) is 10.1. The fourth-order valence-electron chi connectivity index (χ4n) is 1.64. The van der Waals surface area contributed by atoms with E-state index in [2.05, 4.69) is 11.1 Å². The summed E-state index contributed by atoms with van der Waals surface area (Å²) in [5.74, 6) is 0.882. The van der Waals surface area contributed by atoms with E-state index in [0.29, 0.717) is 34.3 Å². The minimum Gasteiger partial charge on any atom is -0.495 e. The third kappa shape index (κ3) is 2.18. The van der Waals surface area contributed by atoms with Crippen LogP contribution in [0.4, 0.5) is 0 Å². The Balaban J connectivity index is 2.68. The molecule has 2 aromatic rings. The average molecular weight is 263 g/mol. The molecule has 92 valence electrons. The van der Waals surface area contributed by atoms with Crippen molar-refractivity contribution in [2.45, 2.75) is 6.92 Å². The minimum absolute atomic E-state index is 0.328. The van der Waals surface area contributed by atoms with Crippen LogP contribution < -0.4 is 9.47 Å². The zero-order chi connectivity index (χ0) is 13.1. The first kappa shape index (κ1) is 12.5. The summed E-state index contributed by atoms with van der Waals surface area (Å²) in [4.78, 5) is 4.29. The first-order valence-corrected chi connectivity index (χ1v) is 5.78. The SMILES string of the molecule is CCOc1nc2cc(Cl)c(OC)cc2cc1C#N. The summed E-state index contributed by atoms with van der Waals surface area (Å²) in [5, 5.41) is 10.3. The zero-order valence-corrected chi connectivity index (χ0v) is 10.8. The van der Waals surface area contributed by atoms with Gasteiger partial charge in [0.2, 0.25) is 5.88 Å². The molecule has 0 amide bonds. The summed E-state index contributed by atoms with van der Waals surface area (Å²) in [6.07, 6.45) is 0. The van der Waals surface area contributed by atoms with Crippen molar-refractivity contribution in [2.24, 2.45) is 0 Å². The molecule has 18 heavy (non-hydrogen) atoms. The molecule has 0 radical (unpaired) electrons. The molecule has 0 saturated carbocycles. The first-order valence-electron chi connectivity index (χ1n) is 5.40. The van der Waals surface area contributed by atoms with Crippen LogP contribution in [0, 0.1) is 11.3 Å². The molecule has 0 spiro atoms. The monoisotopic (exact) mass is 262 g/mol. The molecule has 0 aliphatic rings. The molecule has 0 unspecified atom stereocenters. The van der Waals surface area contributed by atoms with Gasteiger partial charge >= 0.3 is 0 Å². The summed E-state index contributed by atoms with van der Waals surface area (Å²) in [6, 6.07) is 7.22. The lowest BCUT2D eigenvalue weighted by Gasteiger charge is -2.08. The fourth-order valence-corrected chi connectivity index (χ4v) is 1.88. The van der Waals surface area contributed by atoms with Crippen molar-refractivity contribution in [2.75, 3.05) is 13.7 Å². The largest absolute Gasteiger partial charge is 0.495 e. The minimum atomic E-state index is 0.328. The van der Waals surface area contributed by atoms with Crippen molar-refractivity contribution in [3.63, 3.8) is 0 Å². The third-order valence-corrected chi connectivity index (χ3v) is 2.75. The van der Waals surface area contributed by atoms with Crippen molar-refractivity contribution in [3.8, 4) is 17.7 Å². The number of halogens is 1. The molecule has 0 bridgehead atoms. The second-order valence-corrected chi connectivity index (χ2v) is 3.97. The van der Waals surface area contributed by atoms with Gasteiger partial charge in [-0.25, -0.2) is 4.98 Å². The smallest absolute Gasteiger partial charge is 0.232 e. The number of pyridine rings is 1. The molecule has 1 aromatic carbocycles. The van der Waals surface area contributed by atoms with Gasteiger partial charge < -0.3 is 9.47 Å². The van der Waals surface area contributed by atoms with Gasteiger partial charge in [0.15, 0.2) is 0 Å². The maximum Gasteiger partial charge on any atom is 0.232 e. The Morgan fingerprint density at radius 2 is 2.17 bits per heavy atom. The highest BCUT2D eigenvalue weighted by Gasteiger charge is 2.10. The van der Waals surface area contributed by atoms with Crippen molar-refractivity contribution in [3.05, 3.63) is 28.8 Å². The van der Waals surface area contributed by atoms with Crippen LogP contribution in [-0.2, 0) is 0 Å². The molecule has 0 atom stereocenters. The van der Waals surface area contributed by atoms with Gasteiger partial charge in [-0.15, -0.1) is 0 Å². The van der Waals surface area contributed by atoms with Crippen molar-refractivity contribution < 1.29 is 9.47 Å². The summed E-state index contributed by atoms with van der Waals surface area (Å²) in [5.41, 5.74) is 1.07. The number of aromatic nitrogens is 1. The Morgan fingerprint density at radius 1 is 1.39 bits per heavy atom. The molecule has 2 rings (SSSR count). The fraction of sp³-hybridized carbons (Fsp3) is 0.231. The second-order valence-electron chi connectivity index (χ2n) is 3.57. The Hall–Kier alpha value is -1.99. The van der Waals surface area contributed by atoms with E-state index in [1.165, 1.54) is 0 Å². The molecule has 5 heteroatoms. The Labute approximate surface area is 110 Å². The molecular formula is C13H11ClN2O2. The van der Waals surface area contributed by atoms with E-state index in [9.17, 15) is 0 Å². The van der Waals surface area contributed by atoms with Gasteiger partial charge in [-0.05, 0) is 25.1 Å². The standard InChI is InChI=1S/C13H11ClN2O2/c1-3-18-13-9(7-15)4-8-5-12(17-2)10(14)6-11(8)16-13/h4-6H,3H2,1-2H3. The van der Waals surface area contributed by atoms with Crippen molar-refractivity contribution in [1.29, 1.82) is 5.26 Å². The van der Waals surface area contributed by atoms with Crippen LogP contribution in [0.3, 0.4) is 0 Å². The highest BCUT2D eigenvalue weighted by atomic mass is 35.5. The summed E-state index contributed by atoms with van der Waals surface area (Å²) in [7, 11) is 1.54. The Bertz CT molecular complexity index is 635. The highest BCUT2D eigenvalue weighted by Crippen LogP contribution is 2.31. The maximum absolute atomic E-state index is 9.06. The predicted molar refractivity (Wildman–Crippen MR) is 69.2 cm³/mol. The number of benzene rings is 1. The number of ether oxygens (including phenoxy) is 2. The Morgan fingerprint density at radius 3 is 2.78 bits per heavy atom. The lowest BCUT2D eigenvalue weighted by atomic mass is 10.1. The summed E-state index contributed by atoms with van der Waals surface area (Å²) < 4.78 is 10.5. The predicted octanol–water partition coefficient (Wildman–Crippen LogP) is 3.17. The second kappa shape index (κ2) is 5.11. The van der Waals surface area contributed by atoms with Crippen LogP contribution >= 0.6 is 11.6 Å². The van der Waals surface area contributed by atoms with Gasteiger partial charge in [0, 0.05) is 5.39 Å². The molecule has 0 aliphatic heterocycles. The highest BCUT2D eigenvalue weighted by molar-refractivity contribution is 6.32. The van der Waals surface area contributed by atoms with E-state index < -0.39 is 0 Å². The number of hydrogen-bond acceptors (Lipinski definition) is 4. The average Bonchev–Trinajstić information content (AvgIpc) is 2.37. The summed E-state index contributed by atoms with van der Waals surface area (Å²) in [6.45, 7) is 2.30. The number of hydrogen-bond donors (Lipinski definition) is 0. The van der Waals surface area contributed by atoms with E-state index in [4.69, 9.17) is 26.3 Å². The molecule has 0 fully saturated rings. The van der Waals surface area contributed by atoms with E-state index in [-0.39, 0.29) is 0 Å². The third-order valence-electron chi connectivity index (χ3n) is 2.45. The quantitative estimate of drug-likeness (QED) is 0.853. The number of rotatable bonds is 3. The number of nitriles is 1. The molecule has 4 nitrogen and oxygen atoms in total. The number of nitrogens with zero attached hydrogens (tertiary/aromatic N) is 2.